The van der Waals surface area contributed by atoms with E-state index in [-0.39, 0.29) is 0 Å². The van der Waals surface area contributed by atoms with E-state index in [0.717, 1.165) is 13.1 Å². The number of nitrogens with one attached hydrogen (secondary N) is 1. The zero-order chi connectivity index (χ0) is 14.0. The van der Waals surface area contributed by atoms with Gasteiger partial charge in [0.25, 0.3) is 0 Å². The molecule has 0 atom stereocenters. The minimum Gasteiger partial charge on any atom is -0.317 e. The number of hydrogen-bond acceptors (Lipinski definition) is 2. The molecular weight excluding hydrogens is 244 g/mol. The normalized spacial score (nSPS) is 23.4. The van der Waals surface area contributed by atoms with Crippen molar-refractivity contribution in [3.63, 3.8) is 0 Å². The van der Waals surface area contributed by atoms with Gasteiger partial charge in [-0.05, 0) is 68.3 Å². The molecule has 1 N–H and O–H groups in total. The fourth-order valence-corrected chi connectivity index (χ4v) is 3.28. The summed E-state index contributed by atoms with van der Waals surface area (Å²) in [6.07, 6.45) is 8.50. The monoisotopic (exact) mass is 270 g/mol. The van der Waals surface area contributed by atoms with Gasteiger partial charge < -0.3 is 5.32 Å². The first-order valence-corrected chi connectivity index (χ1v) is 8.01. The Labute approximate surface area is 122 Å². The summed E-state index contributed by atoms with van der Waals surface area (Å²) < 4.78 is 0. The Morgan fingerprint density at radius 2 is 2.00 bits per heavy atom. The molecule has 0 saturated carbocycles. The summed E-state index contributed by atoms with van der Waals surface area (Å²) in [6.45, 7) is 6.99. The average Bonchev–Trinajstić information content (AvgIpc) is 2.48. The second-order valence-corrected chi connectivity index (χ2v) is 7.07. The Morgan fingerprint density at radius 1 is 1.20 bits per heavy atom. The molecule has 20 heavy (non-hydrogen) atoms. The number of allylic oxidation sites excluding steroid dienone is 2. The molecule has 2 nitrogen and oxygen atoms in total. The fourth-order valence-electron chi connectivity index (χ4n) is 3.28. The third-order valence-corrected chi connectivity index (χ3v) is 4.83. The van der Waals surface area contributed by atoms with E-state index in [1.54, 1.807) is 0 Å². The molecule has 2 heterocycles. The first-order valence-electron chi connectivity index (χ1n) is 8.01. The van der Waals surface area contributed by atoms with Gasteiger partial charge in [-0.2, -0.15) is 0 Å². The average molecular weight is 270 g/mol. The van der Waals surface area contributed by atoms with Crippen molar-refractivity contribution in [1.29, 1.82) is 0 Å². The van der Waals surface area contributed by atoms with Crippen molar-refractivity contribution >= 4 is 5.57 Å². The summed E-state index contributed by atoms with van der Waals surface area (Å²) in [5.74, 6) is 0.650. The lowest BCUT2D eigenvalue weighted by Gasteiger charge is -2.29. The molecular formula is C18H26N2. The highest BCUT2D eigenvalue weighted by Gasteiger charge is 2.23. The maximum absolute atomic E-state index is 4.97. The first kappa shape index (κ1) is 13.8. The molecule has 1 aromatic heterocycles. The summed E-state index contributed by atoms with van der Waals surface area (Å²) in [4.78, 5) is 4.97. The Kier molecular flexibility index (Phi) is 3.93. The van der Waals surface area contributed by atoms with Crippen molar-refractivity contribution < 1.29 is 0 Å². The van der Waals surface area contributed by atoms with Crippen molar-refractivity contribution in [3.05, 3.63) is 35.7 Å². The number of pyridine rings is 1. The molecule has 1 fully saturated rings. The number of piperidine rings is 1. The predicted molar refractivity (Wildman–Crippen MR) is 84.7 cm³/mol. The van der Waals surface area contributed by atoms with Crippen LogP contribution in [0.5, 0.6) is 0 Å². The van der Waals surface area contributed by atoms with E-state index in [2.05, 4.69) is 43.4 Å². The highest BCUT2D eigenvalue weighted by molar-refractivity contribution is 5.63. The van der Waals surface area contributed by atoms with E-state index in [1.165, 1.54) is 49.1 Å². The Morgan fingerprint density at radius 3 is 2.70 bits per heavy atom. The van der Waals surface area contributed by atoms with Gasteiger partial charge in [-0.1, -0.05) is 26.0 Å². The van der Waals surface area contributed by atoms with Crippen LogP contribution in [0.2, 0.25) is 0 Å². The molecule has 2 aliphatic rings. The SMILES string of the molecule is CC1(C)CC=C(c2cccc(C3CCNCC3)n2)CC1. The van der Waals surface area contributed by atoms with E-state index in [9.17, 15) is 0 Å². The number of hydrogen-bond donors (Lipinski definition) is 1. The largest absolute Gasteiger partial charge is 0.317 e. The summed E-state index contributed by atoms with van der Waals surface area (Å²) in [6, 6.07) is 6.60. The molecule has 108 valence electrons. The molecule has 1 aromatic rings. The minimum absolute atomic E-state index is 0.468. The van der Waals surface area contributed by atoms with Crippen LogP contribution in [-0.2, 0) is 0 Å². The van der Waals surface area contributed by atoms with E-state index in [4.69, 9.17) is 4.98 Å². The van der Waals surface area contributed by atoms with Crippen molar-refractivity contribution in [2.45, 2.75) is 51.9 Å². The van der Waals surface area contributed by atoms with Gasteiger partial charge in [0.2, 0.25) is 0 Å². The summed E-state index contributed by atoms with van der Waals surface area (Å²) in [5.41, 5.74) is 4.45. The lowest BCUT2D eigenvalue weighted by Crippen LogP contribution is -2.27. The minimum atomic E-state index is 0.468. The number of rotatable bonds is 2. The molecule has 0 aromatic carbocycles. The van der Waals surface area contributed by atoms with Gasteiger partial charge >= 0.3 is 0 Å². The van der Waals surface area contributed by atoms with Crippen molar-refractivity contribution in [2.24, 2.45) is 5.41 Å². The van der Waals surface area contributed by atoms with Crippen molar-refractivity contribution in [2.75, 3.05) is 13.1 Å². The number of nitrogens with zero attached hydrogens (tertiary/aromatic N) is 1. The van der Waals surface area contributed by atoms with Crippen LogP contribution in [0.4, 0.5) is 0 Å². The van der Waals surface area contributed by atoms with Gasteiger partial charge in [-0.3, -0.25) is 4.98 Å². The molecule has 2 heteroatoms. The maximum Gasteiger partial charge on any atom is 0.0661 e. The second kappa shape index (κ2) is 5.69. The van der Waals surface area contributed by atoms with Crippen molar-refractivity contribution in [3.8, 4) is 0 Å². The molecule has 0 amide bonds. The van der Waals surface area contributed by atoms with Crippen LogP contribution in [0.25, 0.3) is 5.57 Å². The van der Waals surface area contributed by atoms with Gasteiger partial charge in [0.1, 0.15) is 0 Å². The Hall–Kier alpha value is -1.15. The van der Waals surface area contributed by atoms with Crippen LogP contribution in [0.1, 0.15) is 63.3 Å². The van der Waals surface area contributed by atoms with E-state index >= 15 is 0 Å². The molecule has 0 spiro atoms. The zero-order valence-electron chi connectivity index (χ0n) is 12.8. The zero-order valence-corrected chi connectivity index (χ0v) is 12.8. The maximum atomic E-state index is 4.97. The fraction of sp³-hybridized carbons (Fsp3) is 0.611. The topological polar surface area (TPSA) is 24.9 Å². The van der Waals surface area contributed by atoms with Gasteiger partial charge in [-0.25, -0.2) is 0 Å². The van der Waals surface area contributed by atoms with Crippen LogP contribution in [0, 0.1) is 5.41 Å². The third-order valence-electron chi connectivity index (χ3n) is 4.83. The predicted octanol–water partition coefficient (Wildman–Crippen LogP) is 4.14. The Bertz CT molecular complexity index is 496. The number of aromatic nitrogens is 1. The van der Waals surface area contributed by atoms with Crippen LogP contribution in [-0.4, -0.2) is 18.1 Å². The second-order valence-electron chi connectivity index (χ2n) is 7.07. The standard InChI is InChI=1S/C18H26N2/c1-18(2)10-6-14(7-11-18)16-4-3-5-17(20-16)15-8-12-19-13-9-15/h3-6,15,19H,7-13H2,1-2H3. The molecule has 3 rings (SSSR count). The van der Waals surface area contributed by atoms with Gasteiger partial charge in [0, 0.05) is 11.6 Å². The quantitative estimate of drug-likeness (QED) is 0.873. The molecule has 1 saturated heterocycles. The van der Waals surface area contributed by atoms with Crippen LogP contribution < -0.4 is 5.32 Å². The summed E-state index contributed by atoms with van der Waals surface area (Å²) >= 11 is 0. The van der Waals surface area contributed by atoms with Crippen LogP contribution in [0.15, 0.2) is 24.3 Å². The molecule has 0 radical (unpaired) electrons. The van der Waals surface area contributed by atoms with Gasteiger partial charge in [0.15, 0.2) is 0 Å². The highest BCUT2D eigenvalue weighted by Crippen LogP contribution is 2.37. The van der Waals surface area contributed by atoms with E-state index < -0.39 is 0 Å². The smallest absolute Gasteiger partial charge is 0.0661 e. The summed E-state index contributed by atoms with van der Waals surface area (Å²) in [5, 5.41) is 3.43. The van der Waals surface area contributed by atoms with Crippen LogP contribution >= 0.6 is 0 Å². The molecule has 1 aliphatic carbocycles. The Balaban J connectivity index is 1.79. The van der Waals surface area contributed by atoms with Gasteiger partial charge in [0.05, 0.1) is 5.69 Å². The van der Waals surface area contributed by atoms with E-state index in [0.29, 0.717) is 11.3 Å². The first-order chi connectivity index (χ1) is 9.64. The third kappa shape index (κ3) is 3.12. The summed E-state index contributed by atoms with van der Waals surface area (Å²) in [7, 11) is 0. The van der Waals surface area contributed by atoms with Crippen LogP contribution in [0.3, 0.4) is 0 Å². The van der Waals surface area contributed by atoms with Gasteiger partial charge in [-0.15, -0.1) is 0 Å². The molecule has 0 unspecified atom stereocenters. The highest BCUT2D eigenvalue weighted by atomic mass is 14.9. The lowest BCUT2D eigenvalue weighted by atomic mass is 9.77. The molecule has 0 bridgehead atoms. The lowest BCUT2D eigenvalue weighted by molar-refractivity contribution is 0.334. The molecule has 1 aliphatic heterocycles. The van der Waals surface area contributed by atoms with Crippen molar-refractivity contribution in [1.82, 2.24) is 10.3 Å². The van der Waals surface area contributed by atoms with E-state index in [1.807, 2.05) is 0 Å².